The highest BCUT2D eigenvalue weighted by Gasteiger charge is 2.22. The summed E-state index contributed by atoms with van der Waals surface area (Å²) >= 11 is 1.82. The Morgan fingerprint density at radius 2 is 2.12 bits per heavy atom. The van der Waals surface area contributed by atoms with E-state index in [4.69, 9.17) is 9.47 Å². The van der Waals surface area contributed by atoms with Gasteiger partial charge >= 0.3 is 0 Å². The standard InChI is InChI=1S/C21H29NO3S/c1-16-6-3-4-8-21(16)25-15-18(23)12-22(13-19-7-5-11-24-19)14-20-10-9-17(2)26-20/h3-4,6,8-10,18-19,23H,5,7,11-15H2,1-2H3/t18-,19+/m0/s1. The van der Waals surface area contributed by atoms with Crippen molar-refractivity contribution in [2.45, 2.75) is 45.4 Å². The molecule has 1 aromatic heterocycles. The van der Waals surface area contributed by atoms with Crippen LogP contribution in [0.25, 0.3) is 0 Å². The molecule has 1 fully saturated rings. The van der Waals surface area contributed by atoms with E-state index in [-0.39, 0.29) is 6.10 Å². The van der Waals surface area contributed by atoms with Crippen molar-refractivity contribution in [1.29, 1.82) is 0 Å². The van der Waals surface area contributed by atoms with Crippen molar-refractivity contribution in [2.24, 2.45) is 0 Å². The minimum atomic E-state index is -0.530. The summed E-state index contributed by atoms with van der Waals surface area (Å²) in [5.74, 6) is 0.839. The summed E-state index contributed by atoms with van der Waals surface area (Å²) in [4.78, 5) is 4.95. The molecule has 0 aliphatic carbocycles. The van der Waals surface area contributed by atoms with E-state index in [0.717, 1.165) is 43.9 Å². The molecular formula is C21H29NO3S. The number of aryl methyl sites for hydroxylation is 2. The molecule has 0 spiro atoms. The summed E-state index contributed by atoms with van der Waals surface area (Å²) in [5.41, 5.74) is 1.09. The summed E-state index contributed by atoms with van der Waals surface area (Å²) in [6.07, 6.45) is 1.99. The minimum absolute atomic E-state index is 0.278. The first kappa shape index (κ1) is 19.4. The van der Waals surface area contributed by atoms with E-state index in [9.17, 15) is 5.11 Å². The fourth-order valence-corrected chi connectivity index (χ4v) is 4.26. The van der Waals surface area contributed by atoms with Crippen LogP contribution >= 0.6 is 11.3 Å². The van der Waals surface area contributed by atoms with Gasteiger partial charge in [-0.2, -0.15) is 0 Å². The molecule has 142 valence electrons. The van der Waals surface area contributed by atoms with E-state index in [1.807, 2.05) is 42.5 Å². The number of rotatable bonds is 9. The lowest BCUT2D eigenvalue weighted by Crippen LogP contribution is -2.39. The van der Waals surface area contributed by atoms with Crippen molar-refractivity contribution in [1.82, 2.24) is 4.90 Å². The second kappa shape index (κ2) is 9.51. The van der Waals surface area contributed by atoms with E-state index >= 15 is 0 Å². The average Bonchev–Trinajstić information content (AvgIpc) is 3.26. The third-order valence-corrected chi connectivity index (χ3v) is 5.64. The van der Waals surface area contributed by atoms with Crippen molar-refractivity contribution in [3.63, 3.8) is 0 Å². The highest BCUT2D eigenvalue weighted by atomic mass is 32.1. The third-order valence-electron chi connectivity index (χ3n) is 4.66. The second-order valence-electron chi connectivity index (χ2n) is 7.07. The molecule has 0 bridgehead atoms. The summed E-state index contributed by atoms with van der Waals surface area (Å²) in [6, 6.07) is 12.2. The fraction of sp³-hybridized carbons (Fsp3) is 0.524. The fourth-order valence-electron chi connectivity index (χ4n) is 3.33. The summed E-state index contributed by atoms with van der Waals surface area (Å²) < 4.78 is 11.6. The predicted octanol–water partition coefficient (Wildman–Crippen LogP) is 3.79. The lowest BCUT2D eigenvalue weighted by Gasteiger charge is -2.27. The molecule has 1 aromatic carbocycles. The Labute approximate surface area is 160 Å². The maximum Gasteiger partial charge on any atom is 0.122 e. The van der Waals surface area contributed by atoms with Gasteiger partial charge in [-0.3, -0.25) is 4.90 Å². The lowest BCUT2D eigenvalue weighted by atomic mass is 10.2. The summed E-state index contributed by atoms with van der Waals surface area (Å²) in [5, 5.41) is 10.5. The highest BCUT2D eigenvalue weighted by molar-refractivity contribution is 7.11. The smallest absolute Gasteiger partial charge is 0.122 e. The number of hydrogen-bond donors (Lipinski definition) is 1. The Morgan fingerprint density at radius 1 is 1.27 bits per heavy atom. The molecule has 3 rings (SSSR count). The zero-order chi connectivity index (χ0) is 18.4. The predicted molar refractivity (Wildman–Crippen MR) is 106 cm³/mol. The molecule has 26 heavy (non-hydrogen) atoms. The van der Waals surface area contributed by atoms with Crippen molar-refractivity contribution in [3.8, 4) is 5.75 Å². The number of nitrogens with zero attached hydrogens (tertiary/aromatic N) is 1. The van der Waals surface area contributed by atoms with Crippen LogP contribution in [0.15, 0.2) is 36.4 Å². The van der Waals surface area contributed by atoms with Gasteiger partial charge in [-0.1, -0.05) is 18.2 Å². The van der Waals surface area contributed by atoms with E-state index in [0.29, 0.717) is 13.2 Å². The Bertz CT molecular complexity index is 681. The summed E-state index contributed by atoms with van der Waals surface area (Å²) in [7, 11) is 0. The van der Waals surface area contributed by atoms with E-state index in [1.165, 1.54) is 9.75 Å². The second-order valence-corrected chi connectivity index (χ2v) is 8.44. The van der Waals surface area contributed by atoms with Crippen LogP contribution in [-0.2, 0) is 11.3 Å². The van der Waals surface area contributed by atoms with Crippen LogP contribution in [0.3, 0.4) is 0 Å². The highest BCUT2D eigenvalue weighted by Crippen LogP contribution is 2.20. The molecule has 2 heterocycles. The molecule has 1 aliphatic rings. The van der Waals surface area contributed by atoms with Crippen molar-refractivity contribution >= 4 is 11.3 Å². The molecule has 0 radical (unpaired) electrons. The Balaban J connectivity index is 1.55. The quantitative estimate of drug-likeness (QED) is 0.724. The number of benzene rings is 1. The average molecular weight is 376 g/mol. The molecule has 0 saturated carbocycles. The SMILES string of the molecule is Cc1ccc(CN(C[C@H](O)COc2ccccc2C)C[C@H]2CCCO2)s1. The number of ether oxygens (including phenoxy) is 2. The van der Waals surface area contributed by atoms with Crippen LogP contribution < -0.4 is 4.74 Å². The molecule has 1 saturated heterocycles. The van der Waals surface area contributed by atoms with Gasteiger partial charge in [0.15, 0.2) is 0 Å². The molecule has 2 atom stereocenters. The Morgan fingerprint density at radius 3 is 2.81 bits per heavy atom. The van der Waals surface area contributed by atoms with E-state index in [1.54, 1.807) is 0 Å². The van der Waals surface area contributed by atoms with Gasteiger partial charge in [0, 0.05) is 36.0 Å². The maximum absolute atomic E-state index is 10.5. The number of para-hydroxylation sites is 1. The monoisotopic (exact) mass is 375 g/mol. The molecule has 5 heteroatoms. The van der Waals surface area contributed by atoms with Gasteiger partial charge in [0.1, 0.15) is 18.5 Å². The van der Waals surface area contributed by atoms with Gasteiger partial charge in [-0.25, -0.2) is 0 Å². The number of hydrogen-bond acceptors (Lipinski definition) is 5. The summed E-state index contributed by atoms with van der Waals surface area (Å²) in [6.45, 7) is 7.60. The zero-order valence-corrected chi connectivity index (χ0v) is 16.5. The molecule has 1 N–H and O–H groups in total. The normalized spacial score (nSPS) is 18.4. The molecule has 0 unspecified atom stereocenters. The van der Waals surface area contributed by atoms with Crippen molar-refractivity contribution in [2.75, 3.05) is 26.3 Å². The molecule has 4 nitrogen and oxygen atoms in total. The van der Waals surface area contributed by atoms with Crippen LogP contribution in [0.4, 0.5) is 0 Å². The van der Waals surface area contributed by atoms with E-state index < -0.39 is 6.10 Å². The first-order valence-electron chi connectivity index (χ1n) is 9.36. The van der Waals surface area contributed by atoms with Gasteiger partial charge < -0.3 is 14.6 Å². The van der Waals surface area contributed by atoms with Crippen molar-refractivity contribution < 1.29 is 14.6 Å². The topological polar surface area (TPSA) is 41.9 Å². The molecule has 2 aromatic rings. The number of thiophene rings is 1. The van der Waals surface area contributed by atoms with E-state index in [2.05, 4.69) is 24.0 Å². The van der Waals surface area contributed by atoms with Crippen LogP contribution in [0.5, 0.6) is 5.75 Å². The zero-order valence-electron chi connectivity index (χ0n) is 15.7. The first-order valence-corrected chi connectivity index (χ1v) is 10.2. The lowest BCUT2D eigenvalue weighted by molar-refractivity contribution is 0.0316. The van der Waals surface area contributed by atoms with Crippen molar-refractivity contribution in [3.05, 3.63) is 51.7 Å². The Kier molecular flexibility index (Phi) is 7.08. The van der Waals surface area contributed by atoms with Crippen LogP contribution in [0.2, 0.25) is 0 Å². The van der Waals surface area contributed by atoms with Gasteiger partial charge in [-0.15, -0.1) is 11.3 Å². The van der Waals surface area contributed by atoms with Gasteiger partial charge in [0.05, 0.1) is 6.10 Å². The number of aliphatic hydroxyl groups is 1. The third kappa shape index (κ3) is 5.81. The van der Waals surface area contributed by atoms with Gasteiger partial charge in [0.25, 0.3) is 0 Å². The first-order chi connectivity index (χ1) is 12.6. The molecular weight excluding hydrogens is 346 g/mol. The molecule has 1 aliphatic heterocycles. The maximum atomic E-state index is 10.5. The van der Waals surface area contributed by atoms with Crippen LogP contribution in [0, 0.1) is 13.8 Å². The molecule has 0 amide bonds. The minimum Gasteiger partial charge on any atom is -0.491 e. The van der Waals surface area contributed by atoms with Gasteiger partial charge in [-0.05, 0) is 50.5 Å². The Hall–Kier alpha value is -1.40. The van der Waals surface area contributed by atoms with Gasteiger partial charge in [0.2, 0.25) is 0 Å². The van der Waals surface area contributed by atoms with Crippen LogP contribution in [-0.4, -0.2) is 48.5 Å². The van der Waals surface area contributed by atoms with Crippen LogP contribution in [0.1, 0.15) is 28.2 Å². The number of aliphatic hydroxyl groups excluding tert-OH is 1. The largest absolute Gasteiger partial charge is 0.491 e.